The van der Waals surface area contributed by atoms with E-state index in [1.165, 1.54) is 7.11 Å². The van der Waals surface area contributed by atoms with Gasteiger partial charge in [-0.1, -0.05) is 0 Å². The van der Waals surface area contributed by atoms with Crippen molar-refractivity contribution in [3.63, 3.8) is 0 Å². The van der Waals surface area contributed by atoms with E-state index in [2.05, 4.69) is 10.3 Å². The molecule has 0 aliphatic carbocycles. The van der Waals surface area contributed by atoms with Gasteiger partial charge in [0.25, 0.3) is 0 Å². The van der Waals surface area contributed by atoms with Crippen LogP contribution in [0.5, 0.6) is 5.88 Å². The first-order valence-electron chi connectivity index (χ1n) is 6.47. The summed E-state index contributed by atoms with van der Waals surface area (Å²) in [6.45, 7) is 1.62. The van der Waals surface area contributed by atoms with E-state index in [9.17, 15) is 13.2 Å². The van der Waals surface area contributed by atoms with Crippen molar-refractivity contribution in [2.75, 3.05) is 33.3 Å². The molecule has 0 aromatic carbocycles. The number of aromatic nitrogens is 1. The quantitative estimate of drug-likeness (QED) is 0.918. The van der Waals surface area contributed by atoms with E-state index < -0.39 is 12.1 Å². The second-order valence-electron chi connectivity index (χ2n) is 4.88. The smallest absolute Gasteiger partial charge is 0.394 e. The summed E-state index contributed by atoms with van der Waals surface area (Å²) in [5, 5.41) is 2.84. The summed E-state index contributed by atoms with van der Waals surface area (Å²) in [6.07, 6.45) is -2.56. The van der Waals surface area contributed by atoms with Crippen LogP contribution in [0.4, 0.5) is 13.2 Å². The molecule has 1 unspecified atom stereocenters. The number of nitrogens with zero attached hydrogens (tertiary/aromatic N) is 2. The maximum absolute atomic E-state index is 12.9. The van der Waals surface area contributed by atoms with Crippen molar-refractivity contribution in [1.29, 1.82) is 0 Å². The van der Waals surface area contributed by atoms with Crippen molar-refractivity contribution in [3.05, 3.63) is 23.9 Å². The number of hydrogen-bond acceptors (Lipinski definition) is 4. The van der Waals surface area contributed by atoms with E-state index in [0.717, 1.165) is 5.56 Å². The lowest BCUT2D eigenvalue weighted by molar-refractivity contribution is -0.176. The molecule has 1 fully saturated rings. The molecule has 1 atom stereocenters. The highest BCUT2D eigenvalue weighted by Crippen LogP contribution is 2.27. The zero-order chi connectivity index (χ0) is 14.6. The van der Waals surface area contributed by atoms with Gasteiger partial charge in [0.05, 0.1) is 13.0 Å². The van der Waals surface area contributed by atoms with E-state index in [-0.39, 0.29) is 13.1 Å². The Bertz CT molecular complexity index is 439. The minimum absolute atomic E-state index is 0.0142. The standard InChI is InChI=1S/C13H18F3N3O/c1-20-12-6-10(2-3-18-12)8-19-5-4-17-7-11(9-19)13(14,15)16/h2-3,6,11,17H,4-5,7-9H2,1H3. The number of hydrogen-bond donors (Lipinski definition) is 1. The van der Waals surface area contributed by atoms with E-state index in [1.807, 2.05) is 4.90 Å². The molecule has 0 amide bonds. The van der Waals surface area contributed by atoms with Crippen molar-refractivity contribution in [1.82, 2.24) is 15.2 Å². The highest BCUT2D eigenvalue weighted by atomic mass is 19.4. The van der Waals surface area contributed by atoms with E-state index in [1.54, 1.807) is 18.3 Å². The Hall–Kier alpha value is -1.34. The molecule has 1 aliphatic rings. The van der Waals surface area contributed by atoms with Crippen LogP contribution in [-0.4, -0.2) is 49.3 Å². The molecular formula is C13H18F3N3O. The first-order valence-corrected chi connectivity index (χ1v) is 6.47. The summed E-state index contributed by atoms with van der Waals surface area (Å²) >= 11 is 0. The van der Waals surface area contributed by atoms with E-state index >= 15 is 0 Å². The lowest BCUT2D eigenvalue weighted by atomic mass is 10.1. The van der Waals surface area contributed by atoms with Crippen molar-refractivity contribution in [2.24, 2.45) is 5.92 Å². The molecule has 1 aromatic rings. The summed E-state index contributed by atoms with van der Waals surface area (Å²) in [4.78, 5) is 5.80. The van der Waals surface area contributed by atoms with Gasteiger partial charge in [-0.05, 0) is 11.6 Å². The second-order valence-corrected chi connectivity index (χ2v) is 4.88. The number of halogens is 3. The third-order valence-electron chi connectivity index (χ3n) is 3.35. The fourth-order valence-corrected chi connectivity index (χ4v) is 2.26. The normalized spacial score (nSPS) is 21.5. The van der Waals surface area contributed by atoms with Gasteiger partial charge in [-0.3, -0.25) is 4.90 Å². The minimum Gasteiger partial charge on any atom is -0.481 e. The Labute approximate surface area is 115 Å². The Morgan fingerprint density at radius 3 is 3.00 bits per heavy atom. The SMILES string of the molecule is COc1cc(CN2CCNCC(C(F)(F)F)C2)ccn1. The third kappa shape index (κ3) is 4.08. The van der Waals surface area contributed by atoms with Crippen molar-refractivity contribution in [3.8, 4) is 5.88 Å². The molecular weight excluding hydrogens is 271 g/mol. The van der Waals surface area contributed by atoms with Gasteiger partial charge < -0.3 is 10.1 Å². The lowest BCUT2D eigenvalue weighted by Gasteiger charge is -2.25. The zero-order valence-corrected chi connectivity index (χ0v) is 11.3. The van der Waals surface area contributed by atoms with Crippen LogP contribution in [0.1, 0.15) is 5.56 Å². The second kappa shape index (κ2) is 6.41. The monoisotopic (exact) mass is 289 g/mol. The highest BCUT2D eigenvalue weighted by Gasteiger charge is 2.40. The molecule has 1 aromatic heterocycles. The van der Waals surface area contributed by atoms with Crippen LogP contribution in [-0.2, 0) is 6.54 Å². The van der Waals surface area contributed by atoms with Crippen LogP contribution in [0.15, 0.2) is 18.3 Å². The van der Waals surface area contributed by atoms with Gasteiger partial charge in [-0.15, -0.1) is 0 Å². The van der Waals surface area contributed by atoms with Crippen LogP contribution < -0.4 is 10.1 Å². The van der Waals surface area contributed by atoms with Crippen molar-refractivity contribution in [2.45, 2.75) is 12.7 Å². The Kier molecular flexibility index (Phi) is 4.82. The average Bonchev–Trinajstić information content (AvgIpc) is 2.64. The molecule has 0 spiro atoms. The average molecular weight is 289 g/mol. The van der Waals surface area contributed by atoms with Crippen LogP contribution in [0.3, 0.4) is 0 Å². The van der Waals surface area contributed by atoms with E-state index in [4.69, 9.17) is 4.74 Å². The van der Waals surface area contributed by atoms with Gasteiger partial charge >= 0.3 is 6.18 Å². The number of rotatable bonds is 3. The van der Waals surface area contributed by atoms with Gasteiger partial charge in [0, 0.05) is 45.0 Å². The first-order chi connectivity index (χ1) is 9.49. The van der Waals surface area contributed by atoms with Crippen LogP contribution >= 0.6 is 0 Å². The van der Waals surface area contributed by atoms with Crippen LogP contribution in [0.2, 0.25) is 0 Å². The maximum atomic E-state index is 12.9. The molecule has 1 aliphatic heterocycles. The topological polar surface area (TPSA) is 37.4 Å². The number of ether oxygens (including phenoxy) is 1. The molecule has 1 saturated heterocycles. The number of nitrogens with one attached hydrogen (secondary N) is 1. The van der Waals surface area contributed by atoms with Crippen LogP contribution in [0.25, 0.3) is 0 Å². The minimum atomic E-state index is -4.16. The fourth-order valence-electron chi connectivity index (χ4n) is 2.26. The van der Waals surface area contributed by atoms with E-state index in [0.29, 0.717) is 25.5 Å². The summed E-state index contributed by atoms with van der Waals surface area (Å²) in [7, 11) is 1.52. The molecule has 2 rings (SSSR count). The molecule has 4 nitrogen and oxygen atoms in total. The lowest BCUT2D eigenvalue weighted by Crippen LogP contribution is -2.37. The highest BCUT2D eigenvalue weighted by molar-refractivity contribution is 5.20. The number of alkyl halides is 3. The maximum Gasteiger partial charge on any atom is 0.394 e. The molecule has 2 heterocycles. The van der Waals surface area contributed by atoms with Gasteiger partial charge in [0.15, 0.2) is 0 Å². The summed E-state index contributed by atoms with van der Waals surface area (Å²) in [6, 6.07) is 3.55. The Balaban J connectivity index is 2.03. The predicted molar refractivity (Wildman–Crippen MR) is 68.5 cm³/mol. The molecule has 0 radical (unpaired) electrons. The molecule has 0 bridgehead atoms. The largest absolute Gasteiger partial charge is 0.481 e. The predicted octanol–water partition coefficient (Wildman–Crippen LogP) is 1.67. The van der Waals surface area contributed by atoms with Gasteiger partial charge in [0.1, 0.15) is 0 Å². The molecule has 0 saturated carbocycles. The first kappa shape index (κ1) is 15.1. The Morgan fingerprint density at radius 2 is 2.30 bits per heavy atom. The summed E-state index contributed by atoms with van der Waals surface area (Å²) < 4.78 is 43.6. The number of methoxy groups -OCH3 is 1. The number of pyridine rings is 1. The Morgan fingerprint density at radius 1 is 1.50 bits per heavy atom. The van der Waals surface area contributed by atoms with Gasteiger partial charge in [-0.2, -0.15) is 13.2 Å². The fraction of sp³-hybridized carbons (Fsp3) is 0.615. The van der Waals surface area contributed by atoms with Gasteiger partial charge in [0.2, 0.25) is 5.88 Å². The van der Waals surface area contributed by atoms with Crippen LogP contribution in [0, 0.1) is 5.92 Å². The van der Waals surface area contributed by atoms with Crippen molar-refractivity contribution >= 4 is 0 Å². The molecule has 7 heteroatoms. The third-order valence-corrected chi connectivity index (χ3v) is 3.35. The molecule has 20 heavy (non-hydrogen) atoms. The van der Waals surface area contributed by atoms with Gasteiger partial charge in [-0.25, -0.2) is 4.98 Å². The molecule has 1 N–H and O–H groups in total. The summed E-state index contributed by atoms with van der Waals surface area (Å²) in [5.74, 6) is -0.850. The van der Waals surface area contributed by atoms with Crippen molar-refractivity contribution < 1.29 is 17.9 Å². The summed E-state index contributed by atoms with van der Waals surface area (Å²) in [5.41, 5.74) is 0.902. The molecule has 112 valence electrons. The zero-order valence-electron chi connectivity index (χ0n) is 11.3.